The first-order valence-corrected chi connectivity index (χ1v) is 16.8. The number of alkyl carbamates (subject to hydrolysis) is 1. The van der Waals surface area contributed by atoms with Crippen molar-refractivity contribution in [3.63, 3.8) is 0 Å². The maximum atomic E-state index is 12.8. The second-order valence-corrected chi connectivity index (χ2v) is 13.0. The van der Waals surface area contributed by atoms with E-state index in [2.05, 4.69) is 10.6 Å². The average Bonchev–Trinajstić information content (AvgIpc) is 3.35. The summed E-state index contributed by atoms with van der Waals surface area (Å²) in [5, 5.41) is 5.17. The molecule has 4 rings (SSSR count). The van der Waals surface area contributed by atoms with Gasteiger partial charge in [-0.1, -0.05) is 12.1 Å². The van der Waals surface area contributed by atoms with Crippen LogP contribution in [0.4, 0.5) is 4.79 Å². The van der Waals surface area contributed by atoms with Gasteiger partial charge in [-0.2, -0.15) is 0 Å². The lowest BCUT2D eigenvalue weighted by Crippen LogP contribution is -2.52. The summed E-state index contributed by atoms with van der Waals surface area (Å²) in [6.45, 7) is 11.0. The number of hydrogen-bond donors (Lipinski definition) is 2. The number of hydrogen-bond acceptors (Lipinski definition) is 9. The molecule has 0 spiro atoms. The zero-order valence-electron chi connectivity index (χ0n) is 28.5. The summed E-state index contributed by atoms with van der Waals surface area (Å²) in [5.74, 6) is 0.483. The van der Waals surface area contributed by atoms with Crippen LogP contribution in [-0.4, -0.2) is 80.0 Å². The number of benzene rings is 2. The van der Waals surface area contributed by atoms with Gasteiger partial charge in [0.25, 0.3) is 5.91 Å². The van der Waals surface area contributed by atoms with E-state index in [1.807, 2.05) is 58.0 Å². The molecule has 2 aromatic rings. The monoisotopic (exact) mass is 667 g/mol. The first-order valence-electron chi connectivity index (χ1n) is 16.8. The molecule has 0 bridgehead atoms. The average molecular weight is 668 g/mol. The van der Waals surface area contributed by atoms with Crippen molar-refractivity contribution in [3.05, 3.63) is 59.2 Å². The zero-order chi connectivity index (χ0) is 34.5. The minimum absolute atomic E-state index is 0.202. The molecule has 48 heavy (non-hydrogen) atoms. The molecule has 1 unspecified atom stereocenters. The fourth-order valence-corrected chi connectivity index (χ4v) is 5.44. The van der Waals surface area contributed by atoms with Gasteiger partial charge in [-0.3, -0.25) is 19.7 Å². The topological polar surface area (TPSA) is 142 Å². The van der Waals surface area contributed by atoms with E-state index < -0.39 is 23.6 Å². The predicted molar refractivity (Wildman–Crippen MR) is 178 cm³/mol. The van der Waals surface area contributed by atoms with Gasteiger partial charge in [-0.05, 0) is 101 Å². The second-order valence-electron chi connectivity index (χ2n) is 13.0. The lowest BCUT2D eigenvalue weighted by atomic mass is 10.0. The summed E-state index contributed by atoms with van der Waals surface area (Å²) >= 11 is 0. The molecule has 1 saturated heterocycles. The number of nitrogens with one attached hydrogen (secondary N) is 2. The molecule has 0 aromatic heterocycles. The molecule has 4 amide bonds. The predicted octanol–water partition coefficient (Wildman–Crippen LogP) is 5.08. The summed E-state index contributed by atoms with van der Waals surface area (Å²) in [6, 6.07) is 12.2. The molecule has 12 heteroatoms. The van der Waals surface area contributed by atoms with Crippen molar-refractivity contribution in [2.75, 3.05) is 39.6 Å². The minimum Gasteiger partial charge on any atom is -0.494 e. The third-order valence-electron chi connectivity index (χ3n) is 7.86. The number of nitrogens with zero attached hydrogens (tertiary/aromatic N) is 1. The van der Waals surface area contributed by atoms with Crippen LogP contribution in [0.1, 0.15) is 93.7 Å². The third kappa shape index (κ3) is 11.5. The highest BCUT2D eigenvalue weighted by molar-refractivity contribution is 6.05. The molecule has 0 saturated carbocycles. The van der Waals surface area contributed by atoms with Crippen molar-refractivity contribution in [1.82, 2.24) is 15.5 Å². The molecule has 0 radical (unpaired) electrons. The molecule has 2 aliphatic rings. The van der Waals surface area contributed by atoms with Crippen LogP contribution in [0.3, 0.4) is 0 Å². The Morgan fingerprint density at radius 2 is 1.60 bits per heavy atom. The van der Waals surface area contributed by atoms with E-state index in [0.717, 1.165) is 42.6 Å². The third-order valence-corrected chi connectivity index (χ3v) is 7.86. The van der Waals surface area contributed by atoms with Crippen LogP contribution in [0.25, 0.3) is 0 Å². The van der Waals surface area contributed by atoms with E-state index in [-0.39, 0.29) is 24.3 Å². The van der Waals surface area contributed by atoms with Crippen molar-refractivity contribution in [1.29, 1.82) is 0 Å². The molecule has 2 aliphatic heterocycles. The van der Waals surface area contributed by atoms with Crippen molar-refractivity contribution in [2.24, 2.45) is 0 Å². The highest BCUT2D eigenvalue weighted by Gasteiger charge is 2.39. The number of carbonyl (C=O) groups excluding carboxylic acids is 4. The molecule has 262 valence electrons. The Labute approximate surface area is 282 Å². The van der Waals surface area contributed by atoms with Gasteiger partial charge in [0.1, 0.15) is 29.7 Å². The van der Waals surface area contributed by atoms with Crippen LogP contribution in [0.15, 0.2) is 42.5 Å². The van der Waals surface area contributed by atoms with E-state index in [9.17, 15) is 19.2 Å². The summed E-state index contributed by atoms with van der Waals surface area (Å²) < 4.78 is 28.4. The molecule has 12 nitrogen and oxygen atoms in total. The van der Waals surface area contributed by atoms with Crippen molar-refractivity contribution < 1.29 is 42.9 Å². The highest BCUT2D eigenvalue weighted by Crippen LogP contribution is 2.30. The zero-order valence-corrected chi connectivity index (χ0v) is 28.5. The standard InChI is InChI=1S/C36H49N3O9/c1-25(37-35(43)48-36(2,3)4)26-10-8-11-28(22-26)46-19-7-5-6-16-44-17-9-18-45-20-21-47-29-12-13-30-27(23-29)24-39(34(30)42)31-14-15-32(40)38-33(31)41/h8,10-13,22-23,25,31H,5-7,9,14-21,24H2,1-4H3,(H,37,43)(H,38,40,41)/t25-,31?/m1/s1. The van der Waals surface area contributed by atoms with Gasteiger partial charge in [0.15, 0.2) is 0 Å². The van der Waals surface area contributed by atoms with Gasteiger partial charge in [-0.15, -0.1) is 0 Å². The summed E-state index contributed by atoms with van der Waals surface area (Å²) in [7, 11) is 0. The van der Waals surface area contributed by atoms with Crippen molar-refractivity contribution in [2.45, 2.75) is 90.4 Å². The van der Waals surface area contributed by atoms with Crippen LogP contribution >= 0.6 is 0 Å². The Kier molecular flexibility index (Phi) is 13.6. The van der Waals surface area contributed by atoms with Crippen molar-refractivity contribution >= 4 is 23.8 Å². The molecule has 2 heterocycles. The molecule has 2 N–H and O–H groups in total. The smallest absolute Gasteiger partial charge is 0.408 e. The summed E-state index contributed by atoms with van der Waals surface area (Å²) in [6.07, 6.45) is 3.77. The Morgan fingerprint density at radius 3 is 2.38 bits per heavy atom. The maximum Gasteiger partial charge on any atom is 0.408 e. The molecule has 0 aliphatic carbocycles. The number of fused-ring (bicyclic) bond motifs is 1. The van der Waals surface area contributed by atoms with Gasteiger partial charge in [0.05, 0.1) is 19.3 Å². The van der Waals surface area contributed by atoms with E-state index in [0.29, 0.717) is 63.9 Å². The van der Waals surface area contributed by atoms with E-state index in [1.54, 1.807) is 12.1 Å². The number of piperidine rings is 1. The fourth-order valence-electron chi connectivity index (χ4n) is 5.44. The lowest BCUT2D eigenvalue weighted by Gasteiger charge is -2.29. The van der Waals surface area contributed by atoms with Gasteiger partial charge in [-0.25, -0.2) is 4.79 Å². The number of amides is 4. The summed E-state index contributed by atoms with van der Waals surface area (Å²) in [5.41, 5.74) is 1.76. The van der Waals surface area contributed by atoms with Crippen LogP contribution in [-0.2, 0) is 30.3 Å². The second kappa shape index (κ2) is 17.8. The van der Waals surface area contributed by atoms with E-state index in [1.165, 1.54) is 4.90 Å². The van der Waals surface area contributed by atoms with Gasteiger partial charge < -0.3 is 33.9 Å². The molecule has 2 atom stereocenters. The number of imide groups is 1. The first kappa shape index (κ1) is 36.7. The van der Waals surface area contributed by atoms with Crippen LogP contribution in [0.2, 0.25) is 0 Å². The summed E-state index contributed by atoms with van der Waals surface area (Å²) in [4.78, 5) is 50.1. The molecular formula is C36H49N3O9. The van der Waals surface area contributed by atoms with Crippen LogP contribution in [0.5, 0.6) is 11.5 Å². The van der Waals surface area contributed by atoms with Crippen molar-refractivity contribution in [3.8, 4) is 11.5 Å². The van der Waals surface area contributed by atoms with E-state index >= 15 is 0 Å². The highest BCUT2D eigenvalue weighted by atomic mass is 16.6. The van der Waals surface area contributed by atoms with Crippen LogP contribution < -0.4 is 20.1 Å². The lowest BCUT2D eigenvalue weighted by molar-refractivity contribution is -0.136. The SMILES string of the molecule is C[C@@H](NC(=O)OC(C)(C)C)c1cccc(OCCCCCOCCCOCCOc2ccc3c(c2)CN(C2CCC(=O)NC2=O)C3=O)c1. The molecule has 2 aromatic carbocycles. The fraction of sp³-hybridized carbons (Fsp3) is 0.556. The van der Waals surface area contributed by atoms with Gasteiger partial charge in [0, 0.05) is 38.3 Å². The number of unbranched alkanes of at least 4 members (excludes halogenated alkanes) is 2. The Morgan fingerprint density at radius 1 is 0.896 bits per heavy atom. The Balaban J connectivity index is 0.985. The normalized spacial score (nSPS) is 16.7. The number of ether oxygens (including phenoxy) is 5. The number of carbonyl (C=O) groups is 4. The Hall–Kier alpha value is -4.16. The number of rotatable bonds is 18. The largest absolute Gasteiger partial charge is 0.494 e. The molecule has 1 fully saturated rings. The Bertz CT molecular complexity index is 1410. The van der Waals surface area contributed by atoms with E-state index in [4.69, 9.17) is 23.7 Å². The first-order chi connectivity index (χ1) is 23.0. The van der Waals surface area contributed by atoms with Gasteiger partial charge >= 0.3 is 6.09 Å². The quantitative estimate of drug-likeness (QED) is 0.164. The van der Waals surface area contributed by atoms with Gasteiger partial charge in [0.2, 0.25) is 11.8 Å². The van der Waals surface area contributed by atoms with Crippen LogP contribution in [0, 0.1) is 0 Å². The minimum atomic E-state index is -0.633. The maximum absolute atomic E-state index is 12.8. The molecular weight excluding hydrogens is 618 g/mol.